The number of benzene rings is 1. The summed E-state index contributed by atoms with van der Waals surface area (Å²) >= 11 is 0. The van der Waals surface area contributed by atoms with Gasteiger partial charge in [-0.25, -0.2) is 14.2 Å². The number of piperidine rings is 1. The van der Waals surface area contributed by atoms with E-state index in [1.165, 1.54) is 6.07 Å². The first kappa shape index (κ1) is 28.9. The van der Waals surface area contributed by atoms with Crippen LogP contribution in [0.2, 0.25) is 0 Å². The molecule has 2 fully saturated rings. The molecule has 10 nitrogen and oxygen atoms in total. The second-order valence-corrected chi connectivity index (χ2v) is 12.7. The summed E-state index contributed by atoms with van der Waals surface area (Å²) in [7, 11) is 0. The molecule has 1 N–H and O–H groups in total. The van der Waals surface area contributed by atoms with E-state index in [1.54, 1.807) is 29.8 Å². The maximum atomic E-state index is 14.7. The number of aryl methyl sites for hydroxylation is 2. The van der Waals surface area contributed by atoms with Crippen molar-refractivity contribution in [2.75, 3.05) is 23.3 Å². The number of nitrogens with one attached hydrogen (secondary N) is 1. The Morgan fingerprint density at radius 2 is 1.81 bits per heavy atom. The van der Waals surface area contributed by atoms with Gasteiger partial charge in [-0.3, -0.25) is 9.48 Å². The highest BCUT2D eigenvalue weighted by atomic mass is 19.1. The molecule has 0 spiro atoms. The molecule has 1 saturated carbocycles. The molecule has 43 heavy (non-hydrogen) atoms. The van der Waals surface area contributed by atoms with E-state index in [-0.39, 0.29) is 29.7 Å². The molecule has 1 aliphatic carbocycles. The van der Waals surface area contributed by atoms with E-state index in [9.17, 15) is 14.0 Å². The highest BCUT2D eigenvalue weighted by Crippen LogP contribution is 2.35. The molecule has 228 valence electrons. The monoisotopic (exact) mass is 589 g/mol. The minimum absolute atomic E-state index is 0.132. The van der Waals surface area contributed by atoms with Crippen LogP contribution in [0, 0.1) is 12.7 Å². The third-order valence-corrected chi connectivity index (χ3v) is 8.42. The maximum absolute atomic E-state index is 14.7. The van der Waals surface area contributed by atoms with Crippen molar-refractivity contribution in [3.05, 3.63) is 53.9 Å². The molecule has 0 bridgehead atoms. The van der Waals surface area contributed by atoms with Crippen LogP contribution in [0.1, 0.15) is 75.9 Å². The van der Waals surface area contributed by atoms with Gasteiger partial charge in [-0.2, -0.15) is 5.10 Å². The summed E-state index contributed by atoms with van der Waals surface area (Å²) in [5, 5.41) is 8.47. The highest BCUT2D eigenvalue weighted by molar-refractivity contribution is 6.13. The Morgan fingerprint density at radius 3 is 2.47 bits per heavy atom. The van der Waals surface area contributed by atoms with Gasteiger partial charge >= 0.3 is 6.09 Å². The first-order chi connectivity index (χ1) is 20.5. The fourth-order valence-corrected chi connectivity index (χ4v) is 6.17. The van der Waals surface area contributed by atoms with Crippen molar-refractivity contribution >= 4 is 39.9 Å². The van der Waals surface area contributed by atoms with E-state index in [4.69, 9.17) is 9.84 Å². The maximum Gasteiger partial charge on any atom is 0.410 e. The van der Waals surface area contributed by atoms with Crippen LogP contribution >= 0.6 is 0 Å². The standard InChI is InChI=1S/C32H40FN7O3/c1-6-39-19-25-27(37-14-12-23(13-15-37)40(22-8-7-9-22)31(42)43-32(3,4)5)11-10-24(28(25)36-39)30(41)35-21-16-26(33)29-34-20(2)17-38(29)18-21/h10-11,16-19,22-23H,6-9,12-15H2,1-5H3,(H,35,41). The number of ether oxygens (including phenoxy) is 1. The van der Waals surface area contributed by atoms with Crippen LogP contribution in [-0.4, -0.2) is 66.8 Å². The number of fused-ring (bicyclic) bond motifs is 2. The Balaban J connectivity index is 1.22. The fourth-order valence-electron chi connectivity index (χ4n) is 6.17. The summed E-state index contributed by atoms with van der Waals surface area (Å²) in [6.45, 7) is 11.7. The van der Waals surface area contributed by atoms with Crippen molar-refractivity contribution in [1.29, 1.82) is 0 Å². The van der Waals surface area contributed by atoms with Gasteiger partial charge < -0.3 is 24.3 Å². The van der Waals surface area contributed by atoms with E-state index >= 15 is 0 Å². The van der Waals surface area contributed by atoms with Gasteiger partial charge in [-0.05, 0) is 78.9 Å². The second kappa shape index (κ2) is 11.2. The molecule has 1 aliphatic heterocycles. The minimum Gasteiger partial charge on any atom is -0.444 e. The second-order valence-electron chi connectivity index (χ2n) is 12.7. The molecule has 0 atom stereocenters. The summed E-state index contributed by atoms with van der Waals surface area (Å²) in [6.07, 6.45) is 10.0. The third kappa shape index (κ3) is 5.77. The van der Waals surface area contributed by atoms with E-state index in [0.717, 1.165) is 56.3 Å². The number of hydrogen-bond acceptors (Lipinski definition) is 6. The Bertz CT molecular complexity index is 1680. The molecule has 2 aliphatic rings. The smallest absolute Gasteiger partial charge is 0.410 e. The van der Waals surface area contributed by atoms with E-state index in [0.29, 0.717) is 29.0 Å². The molecule has 2 amide bonds. The molecule has 11 heteroatoms. The quantitative estimate of drug-likeness (QED) is 0.289. The topological polar surface area (TPSA) is 97.0 Å². The molecule has 1 saturated heterocycles. The highest BCUT2D eigenvalue weighted by Gasteiger charge is 2.38. The summed E-state index contributed by atoms with van der Waals surface area (Å²) in [5.41, 5.74) is 2.75. The van der Waals surface area contributed by atoms with Crippen molar-refractivity contribution < 1.29 is 18.7 Å². The lowest BCUT2D eigenvalue weighted by Gasteiger charge is -2.46. The number of pyridine rings is 1. The molecular weight excluding hydrogens is 549 g/mol. The Morgan fingerprint density at radius 1 is 1.09 bits per heavy atom. The van der Waals surface area contributed by atoms with Gasteiger partial charge in [0.1, 0.15) is 11.1 Å². The molecule has 4 heterocycles. The predicted molar refractivity (Wildman–Crippen MR) is 164 cm³/mol. The summed E-state index contributed by atoms with van der Waals surface area (Å²) in [6, 6.07) is 5.44. The number of nitrogens with zero attached hydrogens (tertiary/aromatic N) is 6. The van der Waals surface area contributed by atoms with Gasteiger partial charge in [0.05, 0.1) is 16.9 Å². The molecule has 4 aromatic rings. The Kier molecular flexibility index (Phi) is 7.52. The van der Waals surface area contributed by atoms with Crippen LogP contribution in [-0.2, 0) is 11.3 Å². The van der Waals surface area contributed by atoms with Gasteiger partial charge in [0.25, 0.3) is 5.91 Å². The predicted octanol–water partition coefficient (Wildman–Crippen LogP) is 6.16. The minimum atomic E-state index is -0.529. The van der Waals surface area contributed by atoms with Crippen LogP contribution in [0.5, 0.6) is 0 Å². The average Bonchev–Trinajstić information content (AvgIpc) is 3.52. The largest absolute Gasteiger partial charge is 0.444 e. The van der Waals surface area contributed by atoms with Gasteiger partial charge in [0.2, 0.25) is 0 Å². The Hall–Kier alpha value is -4.15. The van der Waals surface area contributed by atoms with Gasteiger partial charge in [0, 0.05) is 67.4 Å². The van der Waals surface area contributed by atoms with Gasteiger partial charge in [-0.15, -0.1) is 0 Å². The molecule has 6 rings (SSSR count). The van der Waals surface area contributed by atoms with Crippen molar-refractivity contribution in [3.63, 3.8) is 0 Å². The lowest BCUT2D eigenvalue weighted by molar-refractivity contribution is -0.00944. The number of anilines is 2. The molecule has 1 aromatic carbocycles. The lowest BCUT2D eigenvalue weighted by atomic mass is 9.89. The van der Waals surface area contributed by atoms with Crippen LogP contribution < -0.4 is 10.2 Å². The molecule has 3 aromatic heterocycles. The summed E-state index contributed by atoms with van der Waals surface area (Å²) in [4.78, 5) is 35.2. The van der Waals surface area contributed by atoms with Crippen molar-refractivity contribution in [2.45, 2.75) is 91.0 Å². The van der Waals surface area contributed by atoms with Crippen LogP contribution in [0.3, 0.4) is 0 Å². The number of hydrogen-bond donors (Lipinski definition) is 1. The number of aromatic nitrogens is 4. The van der Waals surface area contributed by atoms with Gasteiger partial charge in [-0.1, -0.05) is 0 Å². The summed E-state index contributed by atoms with van der Waals surface area (Å²) in [5.74, 6) is -0.867. The molecule has 0 unspecified atom stereocenters. The number of amides is 2. The van der Waals surface area contributed by atoms with Crippen molar-refractivity contribution in [3.8, 4) is 0 Å². The van der Waals surface area contributed by atoms with Crippen LogP contribution in [0.25, 0.3) is 16.6 Å². The first-order valence-electron chi connectivity index (χ1n) is 15.2. The van der Waals surface area contributed by atoms with E-state index in [2.05, 4.69) is 15.2 Å². The number of imidazole rings is 1. The zero-order valence-corrected chi connectivity index (χ0v) is 25.6. The average molecular weight is 590 g/mol. The van der Waals surface area contributed by atoms with Crippen LogP contribution in [0.4, 0.5) is 20.6 Å². The first-order valence-corrected chi connectivity index (χ1v) is 15.2. The normalized spacial score (nSPS) is 16.5. The van der Waals surface area contributed by atoms with Crippen molar-refractivity contribution in [1.82, 2.24) is 24.1 Å². The van der Waals surface area contributed by atoms with E-state index < -0.39 is 11.4 Å². The van der Waals surface area contributed by atoms with Gasteiger partial charge in [0.15, 0.2) is 11.5 Å². The number of rotatable bonds is 6. The molecule has 0 radical (unpaired) electrons. The van der Waals surface area contributed by atoms with E-state index in [1.807, 2.05) is 49.5 Å². The summed E-state index contributed by atoms with van der Waals surface area (Å²) < 4.78 is 23.9. The Labute approximate surface area is 250 Å². The molecular formula is C32H40FN7O3. The lowest BCUT2D eigenvalue weighted by Crippen LogP contribution is -2.55. The number of halogens is 1. The van der Waals surface area contributed by atoms with Crippen molar-refractivity contribution in [2.24, 2.45) is 0 Å². The number of carbonyl (C=O) groups excluding carboxylic acids is 2. The SMILES string of the molecule is CCn1cc2c(N3CCC(N(C(=O)OC(C)(C)C)C4CCC4)CC3)ccc(C(=O)Nc3cc(F)c4nc(C)cn4c3)c2n1. The zero-order valence-electron chi connectivity index (χ0n) is 25.6. The number of carbonyl (C=O) groups is 2. The fraction of sp³-hybridized carbons (Fsp3) is 0.500. The van der Waals surface area contributed by atoms with Crippen LogP contribution in [0.15, 0.2) is 36.8 Å². The zero-order chi connectivity index (χ0) is 30.5. The third-order valence-electron chi connectivity index (χ3n) is 8.42.